The highest BCUT2D eigenvalue weighted by atomic mass is 16.2. The summed E-state index contributed by atoms with van der Waals surface area (Å²) in [6.07, 6.45) is 7.83. The van der Waals surface area contributed by atoms with E-state index in [4.69, 9.17) is 0 Å². The molecule has 2 fully saturated rings. The second-order valence-electron chi connectivity index (χ2n) is 7.58. The molecule has 5 heteroatoms. The Bertz CT molecular complexity index is 781. The topological polar surface area (TPSA) is 51.0 Å². The number of likely N-dealkylation sites (tertiary alicyclic amines) is 1. The number of pyridine rings is 1. The number of amides is 1. The second-order valence-corrected chi connectivity index (χ2v) is 7.58. The molecule has 1 aliphatic heterocycles. The molecule has 5 nitrogen and oxygen atoms in total. The molecule has 2 aromatic heterocycles. The van der Waals surface area contributed by atoms with Gasteiger partial charge in [-0.3, -0.25) is 9.48 Å². The van der Waals surface area contributed by atoms with E-state index in [0.29, 0.717) is 17.5 Å². The maximum absolute atomic E-state index is 13.2. The van der Waals surface area contributed by atoms with Crippen molar-refractivity contribution in [3.63, 3.8) is 0 Å². The number of rotatable bonds is 1. The first kappa shape index (κ1) is 15.6. The number of aromatic nitrogens is 3. The Morgan fingerprint density at radius 3 is 2.88 bits per heavy atom. The number of piperidine rings is 1. The van der Waals surface area contributed by atoms with E-state index in [1.165, 1.54) is 19.3 Å². The average Bonchev–Trinajstić information content (AvgIpc) is 2.89. The number of fused-ring (bicyclic) bond motifs is 2. The van der Waals surface area contributed by atoms with Crippen LogP contribution < -0.4 is 0 Å². The molecule has 4 rings (SSSR count). The molecule has 3 atom stereocenters. The molecule has 1 saturated carbocycles. The minimum atomic E-state index is 0.149. The first-order valence-electron chi connectivity index (χ1n) is 9.16. The molecule has 128 valence electrons. The van der Waals surface area contributed by atoms with E-state index in [2.05, 4.69) is 21.9 Å². The molecule has 1 saturated heterocycles. The second kappa shape index (κ2) is 5.87. The maximum Gasteiger partial charge on any atom is 0.255 e. The quantitative estimate of drug-likeness (QED) is 0.808. The lowest BCUT2D eigenvalue weighted by molar-refractivity contribution is 0.0217. The molecule has 2 aliphatic rings. The lowest BCUT2D eigenvalue weighted by Gasteiger charge is -2.47. The summed E-state index contributed by atoms with van der Waals surface area (Å²) >= 11 is 0. The van der Waals surface area contributed by atoms with Gasteiger partial charge < -0.3 is 4.90 Å². The number of nitrogens with zero attached hydrogens (tertiary/aromatic N) is 4. The van der Waals surface area contributed by atoms with Crippen LogP contribution in [0.4, 0.5) is 0 Å². The fourth-order valence-electron chi connectivity index (χ4n) is 4.76. The van der Waals surface area contributed by atoms with Crippen molar-refractivity contribution in [3.8, 4) is 0 Å². The fourth-order valence-corrected chi connectivity index (χ4v) is 4.76. The van der Waals surface area contributed by atoms with Crippen LogP contribution in [-0.2, 0) is 7.05 Å². The van der Waals surface area contributed by atoms with Crippen LogP contribution in [0.15, 0.2) is 12.3 Å². The van der Waals surface area contributed by atoms with Crippen molar-refractivity contribution < 1.29 is 4.79 Å². The van der Waals surface area contributed by atoms with Crippen molar-refractivity contribution in [3.05, 3.63) is 23.5 Å². The SMILES string of the molecule is Cc1nn(C)c2ncc(C(=O)N3CCC(C)C4CCCCC43)cc12. The number of hydrogen-bond acceptors (Lipinski definition) is 3. The highest BCUT2D eigenvalue weighted by molar-refractivity contribution is 5.97. The Morgan fingerprint density at radius 2 is 2.04 bits per heavy atom. The molecular weight excluding hydrogens is 300 g/mol. The third-order valence-corrected chi connectivity index (χ3v) is 6.11. The predicted octanol–water partition coefficient (Wildman–Crippen LogP) is 3.32. The van der Waals surface area contributed by atoms with Gasteiger partial charge in [-0.2, -0.15) is 5.10 Å². The average molecular weight is 326 g/mol. The molecule has 0 radical (unpaired) electrons. The third-order valence-electron chi connectivity index (χ3n) is 6.11. The van der Waals surface area contributed by atoms with Gasteiger partial charge in [-0.15, -0.1) is 0 Å². The van der Waals surface area contributed by atoms with Crippen molar-refractivity contribution in [2.24, 2.45) is 18.9 Å². The molecule has 2 aromatic rings. The summed E-state index contributed by atoms with van der Waals surface area (Å²) in [5.41, 5.74) is 2.47. The first-order chi connectivity index (χ1) is 11.6. The minimum absolute atomic E-state index is 0.149. The highest BCUT2D eigenvalue weighted by Crippen LogP contribution is 2.39. The van der Waals surface area contributed by atoms with Gasteiger partial charge in [0.25, 0.3) is 5.91 Å². The van der Waals surface area contributed by atoms with Gasteiger partial charge >= 0.3 is 0 Å². The predicted molar refractivity (Wildman–Crippen MR) is 93.8 cm³/mol. The Kier molecular flexibility index (Phi) is 3.82. The number of hydrogen-bond donors (Lipinski definition) is 0. The molecule has 24 heavy (non-hydrogen) atoms. The van der Waals surface area contributed by atoms with Crippen LogP contribution in [0, 0.1) is 18.8 Å². The number of carbonyl (C=O) groups excluding carboxylic acids is 1. The maximum atomic E-state index is 13.2. The summed E-state index contributed by atoms with van der Waals surface area (Å²) in [5, 5.41) is 5.39. The van der Waals surface area contributed by atoms with E-state index in [1.54, 1.807) is 10.9 Å². The molecule has 1 aliphatic carbocycles. The molecule has 3 heterocycles. The smallest absolute Gasteiger partial charge is 0.255 e. The Balaban J connectivity index is 1.66. The van der Waals surface area contributed by atoms with Crippen molar-refractivity contribution in [2.45, 2.75) is 52.0 Å². The van der Waals surface area contributed by atoms with E-state index < -0.39 is 0 Å². The van der Waals surface area contributed by atoms with Crippen molar-refractivity contribution in [2.75, 3.05) is 6.54 Å². The van der Waals surface area contributed by atoms with E-state index in [1.807, 2.05) is 20.0 Å². The molecule has 0 spiro atoms. The number of aryl methyl sites for hydroxylation is 2. The molecule has 3 unspecified atom stereocenters. The first-order valence-corrected chi connectivity index (χ1v) is 9.16. The van der Waals surface area contributed by atoms with Gasteiger partial charge in [0, 0.05) is 31.2 Å². The minimum Gasteiger partial charge on any atom is -0.335 e. The van der Waals surface area contributed by atoms with E-state index in [9.17, 15) is 4.79 Å². The summed E-state index contributed by atoms with van der Waals surface area (Å²) < 4.78 is 1.78. The fraction of sp³-hybridized carbons (Fsp3) is 0.632. The van der Waals surface area contributed by atoms with Gasteiger partial charge in [0.1, 0.15) is 0 Å². The molecule has 1 amide bonds. The van der Waals surface area contributed by atoms with Crippen molar-refractivity contribution in [1.82, 2.24) is 19.7 Å². The normalized spacial score (nSPS) is 27.3. The van der Waals surface area contributed by atoms with Gasteiger partial charge in [0.05, 0.1) is 11.3 Å². The Labute approximate surface area is 143 Å². The summed E-state index contributed by atoms with van der Waals surface area (Å²) in [6.45, 7) is 5.21. The van der Waals surface area contributed by atoms with Gasteiger partial charge in [-0.1, -0.05) is 19.8 Å². The van der Waals surface area contributed by atoms with Crippen molar-refractivity contribution in [1.29, 1.82) is 0 Å². The standard InChI is InChI=1S/C19H26N4O/c1-12-8-9-23(17-7-5-4-6-15(12)17)19(24)14-10-16-13(2)21-22(3)18(16)20-11-14/h10-12,15,17H,4-9H2,1-3H3. The lowest BCUT2D eigenvalue weighted by Crippen LogP contribution is -2.52. The largest absolute Gasteiger partial charge is 0.335 e. The van der Waals surface area contributed by atoms with Crippen LogP contribution in [0.2, 0.25) is 0 Å². The summed E-state index contributed by atoms with van der Waals surface area (Å²) in [4.78, 5) is 19.8. The lowest BCUT2D eigenvalue weighted by atomic mass is 9.72. The van der Waals surface area contributed by atoms with Crippen molar-refractivity contribution >= 4 is 16.9 Å². The van der Waals surface area contributed by atoms with Gasteiger partial charge in [0.2, 0.25) is 0 Å². The number of carbonyl (C=O) groups is 1. The van der Waals surface area contributed by atoms with E-state index in [-0.39, 0.29) is 5.91 Å². The third kappa shape index (κ3) is 2.41. The Morgan fingerprint density at radius 1 is 1.25 bits per heavy atom. The van der Waals surface area contributed by atoms with Crippen LogP contribution in [0.3, 0.4) is 0 Å². The van der Waals surface area contributed by atoms with Gasteiger partial charge in [-0.05, 0) is 44.1 Å². The Hall–Kier alpha value is -1.91. The van der Waals surface area contributed by atoms with E-state index in [0.717, 1.165) is 42.0 Å². The van der Waals surface area contributed by atoms with Crippen LogP contribution >= 0.6 is 0 Å². The summed E-state index contributed by atoms with van der Waals surface area (Å²) in [7, 11) is 1.89. The van der Waals surface area contributed by atoms with Crippen LogP contribution in [0.25, 0.3) is 11.0 Å². The van der Waals surface area contributed by atoms with Gasteiger partial charge in [-0.25, -0.2) is 4.98 Å². The monoisotopic (exact) mass is 326 g/mol. The molecular formula is C19H26N4O. The zero-order valence-corrected chi connectivity index (χ0v) is 14.8. The van der Waals surface area contributed by atoms with Crippen LogP contribution in [0.5, 0.6) is 0 Å². The molecule has 0 aromatic carbocycles. The zero-order chi connectivity index (χ0) is 16.8. The van der Waals surface area contributed by atoms with Crippen LogP contribution in [0.1, 0.15) is 55.1 Å². The summed E-state index contributed by atoms with van der Waals surface area (Å²) in [6, 6.07) is 2.39. The van der Waals surface area contributed by atoms with Crippen LogP contribution in [-0.4, -0.2) is 38.2 Å². The van der Waals surface area contributed by atoms with E-state index >= 15 is 0 Å². The highest BCUT2D eigenvalue weighted by Gasteiger charge is 2.39. The zero-order valence-electron chi connectivity index (χ0n) is 14.8. The summed E-state index contributed by atoms with van der Waals surface area (Å²) in [5.74, 6) is 1.56. The molecule has 0 N–H and O–H groups in total. The molecule has 0 bridgehead atoms. The van der Waals surface area contributed by atoms with Gasteiger partial charge in [0.15, 0.2) is 5.65 Å².